The Morgan fingerprint density at radius 2 is 1.19 bits per heavy atom. The SMILES string of the molecule is Cn1c(-c2cc(N(c3ccccc3)c3ccccc3)ccc2O)nc2c(-c3cc(-c4ccccc4)cc(-c4ccc([Si](C)(C)C)cn4)c3)cccc21. The van der Waals surface area contributed by atoms with Crippen molar-refractivity contribution in [3.63, 3.8) is 0 Å². The number of imidazole rings is 1. The molecule has 0 atom stereocenters. The van der Waals surface area contributed by atoms with Gasteiger partial charge in [0.25, 0.3) is 0 Å². The van der Waals surface area contributed by atoms with Gasteiger partial charge in [-0.2, -0.15) is 0 Å². The number of phenols is 1. The standard InChI is InChI=1S/C46H40N4OSi/c1-49-43-22-14-21-40(34-27-33(32-15-8-5-9-16-32)28-35(29-34)42-25-24-39(31-47-42)52(2,3)4)45(43)48-46(49)41-30-38(23-26-44(41)51)50(36-17-10-6-11-18-36)37-19-12-7-13-20-37/h5-31,51H,1-4H3. The number of nitrogens with zero attached hydrogens (tertiary/aromatic N) is 4. The third kappa shape index (κ3) is 6.29. The minimum absolute atomic E-state index is 0.172. The topological polar surface area (TPSA) is 54.2 Å². The molecule has 0 unspecified atom stereocenters. The maximum atomic E-state index is 11.4. The van der Waals surface area contributed by atoms with Crippen molar-refractivity contribution in [1.82, 2.24) is 14.5 Å². The molecule has 0 spiro atoms. The van der Waals surface area contributed by atoms with Crippen LogP contribution in [0.5, 0.6) is 5.75 Å². The first-order valence-corrected chi connectivity index (χ1v) is 21.1. The summed E-state index contributed by atoms with van der Waals surface area (Å²) in [6, 6.07) is 54.2. The summed E-state index contributed by atoms with van der Waals surface area (Å²) in [5.74, 6) is 0.858. The Morgan fingerprint density at radius 3 is 1.83 bits per heavy atom. The molecule has 0 radical (unpaired) electrons. The van der Waals surface area contributed by atoms with Crippen molar-refractivity contribution in [3.8, 4) is 50.6 Å². The Hall–Kier alpha value is -6.24. The van der Waals surface area contributed by atoms with Gasteiger partial charge in [-0.1, -0.05) is 105 Å². The van der Waals surface area contributed by atoms with Crippen molar-refractivity contribution in [1.29, 1.82) is 0 Å². The summed E-state index contributed by atoms with van der Waals surface area (Å²) in [6.07, 6.45) is 2.06. The number of hydrogen-bond donors (Lipinski definition) is 1. The number of aryl methyl sites for hydroxylation is 1. The molecule has 52 heavy (non-hydrogen) atoms. The third-order valence-corrected chi connectivity index (χ3v) is 11.7. The highest BCUT2D eigenvalue weighted by Crippen LogP contribution is 2.41. The van der Waals surface area contributed by atoms with Gasteiger partial charge >= 0.3 is 0 Å². The van der Waals surface area contributed by atoms with Gasteiger partial charge in [0.15, 0.2) is 0 Å². The Labute approximate surface area is 306 Å². The van der Waals surface area contributed by atoms with E-state index in [4.69, 9.17) is 9.97 Å². The number of fused-ring (bicyclic) bond motifs is 1. The molecule has 6 heteroatoms. The molecule has 6 aromatic carbocycles. The van der Waals surface area contributed by atoms with Gasteiger partial charge in [-0.25, -0.2) is 4.98 Å². The zero-order valence-corrected chi connectivity index (χ0v) is 30.8. The Balaban J connectivity index is 1.27. The van der Waals surface area contributed by atoms with Crippen molar-refractivity contribution in [2.45, 2.75) is 19.6 Å². The monoisotopic (exact) mass is 692 g/mol. The molecule has 0 bridgehead atoms. The molecular weight excluding hydrogens is 653 g/mol. The predicted octanol–water partition coefficient (Wildman–Crippen LogP) is 11.4. The van der Waals surface area contributed by atoms with Gasteiger partial charge in [-0.3, -0.25) is 4.98 Å². The number of rotatable bonds is 8. The summed E-state index contributed by atoms with van der Waals surface area (Å²) in [5.41, 5.74) is 11.8. The molecule has 1 N–H and O–H groups in total. The molecule has 8 aromatic rings. The summed E-state index contributed by atoms with van der Waals surface area (Å²) in [7, 11) is 0.528. The average molecular weight is 693 g/mol. The largest absolute Gasteiger partial charge is 0.507 e. The smallest absolute Gasteiger partial charge is 0.144 e. The van der Waals surface area contributed by atoms with Crippen molar-refractivity contribution in [2.75, 3.05) is 4.90 Å². The van der Waals surface area contributed by atoms with Crippen molar-refractivity contribution < 1.29 is 5.11 Å². The van der Waals surface area contributed by atoms with Crippen molar-refractivity contribution >= 4 is 41.4 Å². The van der Waals surface area contributed by atoms with Gasteiger partial charge in [-0.15, -0.1) is 0 Å². The highest BCUT2D eigenvalue weighted by atomic mass is 28.3. The maximum Gasteiger partial charge on any atom is 0.144 e. The van der Waals surface area contributed by atoms with Crippen LogP contribution < -0.4 is 10.1 Å². The number of pyridine rings is 1. The van der Waals surface area contributed by atoms with E-state index < -0.39 is 8.07 Å². The summed E-state index contributed by atoms with van der Waals surface area (Å²) in [6.45, 7) is 7.04. The van der Waals surface area contributed by atoms with Gasteiger partial charge in [0.1, 0.15) is 11.6 Å². The predicted molar refractivity (Wildman–Crippen MR) is 220 cm³/mol. The lowest BCUT2D eigenvalue weighted by molar-refractivity contribution is 0.476. The van der Waals surface area contributed by atoms with Crippen LogP contribution in [-0.4, -0.2) is 27.7 Å². The van der Waals surface area contributed by atoms with Crippen LogP contribution in [0.2, 0.25) is 19.6 Å². The van der Waals surface area contributed by atoms with E-state index >= 15 is 0 Å². The van der Waals surface area contributed by atoms with Crippen LogP contribution in [0.4, 0.5) is 17.1 Å². The van der Waals surface area contributed by atoms with Crippen LogP contribution >= 0.6 is 0 Å². The lowest BCUT2D eigenvalue weighted by atomic mass is 9.94. The zero-order valence-electron chi connectivity index (χ0n) is 29.8. The van der Waals surface area contributed by atoms with Gasteiger partial charge in [0.05, 0.1) is 30.4 Å². The highest BCUT2D eigenvalue weighted by molar-refractivity contribution is 6.88. The minimum atomic E-state index is -1.49. The van der Waals surface area contributed by atoms with E-state index in [-0.39, 0.29) is 5.75 Å². The third-order valence-electron chi connectivity index (χ3n) is 9.70. The summed E-state index contributed by atoms with van der Waals surface area (Å²) in [4.78, 5) is 12.4. The molecule has 0 aliphatic heterocycles. The summed E-state index contributed by atoms with van der Waals surface area (Å²) in [5, 5.41) is 12.7. The molecule has 8 rings (SSSR count). The molecule has 2 heterocycles. The molecule has 5 nitrogen and oxygen atoms in total. The summed E-state index contributed by atoms with van der Waals surface area (Å²) >= 11 is 0. The first-order chi connectivity index (χ1) is 25.2. The average Bonchev–Trinajstić information content (AvgIpc) is 3.52. The number of benzene rings is 6. The fraction of sp³-hybridized carbons (Fsp3) is 0.0870. The molecule has 0 fully saturated rings. The second kappa shape index (κ2) is 13.5. The van der Waals surface area contributed by atoms with E-state index in [1.54, 1.807) is 6.07 Å². The molecule has 0 aliphatic carbocycles. The van der Waals surface area contributed by atoms with Crippen molar-refractivity contribution in [3.05, 3.63) is 164 Å². The van der Waals surface area contributed by atoms with Crippen LogP contribution in [0.3, 0.4) is 0 Å². The fourth-order valence-electron chi connectivity index (χ4n) is 6.87. The minimum Gasteiger partial charge on any atom is -0.507 e. The number of para-hydroxylation sites is 3. The first kappa shape index (κ1) is 32.9. The van der Waals surface area contributed by atoms with Gasteiger partial charge in [0, 0.05) is 41.4 Å². The Bertz CT molecular complexity index is 2470. The maximum absolute atomic E-state index is 11.4. The molecule has 0 saturated heterocycles. The Morgan fingerprint density at radius 1 is 0.558 bits per heavy atom. The zero-order chi connectivity index (χ0) is 35.8. The molecule has 254 valence electrons. The van der Waals surface area contributed by atoms with Crippen molar-refractivity contribution in [2.24, 2.45) is 7.05 Å². The van der Waals surface area contributed by atoms with Crippen LogP contribution in [-0.2, 0) is 7.05 Å². The number of anilines is 3. The van der Waals surface area contributed by atoms with Gasteiger partial charge < -0.3 is 14.6 Å². The van der Waals surface area contributed by atoms with E-state index in [1.807, 2.05) is 61.6 Å². The van der Waals surface area contributed by atoms with Crippen LogP contribution in [0.15, 0.2) is 164 Å². The van der Waals surface area contributed by atoms with Crippen LogP contribution in [0.1, 0.15) is 0 Å². The normalized spacial score (nSPS) is 11.5. The lowest BCUT2D eigenvalue weighted by Crippen LogP contribution is -2.37. The number of aromatic nitrogens is 3. The van der Waals surface area contributed by atoms with Gasteiger partial charge in [-0.05, 0) is 94.7 Å². The van der Waals surface area contributed by atoms with Gasteiger partial charge in [0.2, 0.25) is 0 Å². The molecule has 2 aromatic heterocycles. The molecule has 0 aliphatic rings. The molecule has 0 amide bonds. The Kier molecular flexibility index (Phi) is 8.53. The lowest BCUT2D eigenvalue weighted by Gasteiger charge is -2.26. The van der Waals surface area contributed by atoms with Crippen LogP contribution in [0.25, 0.3) is 55.9 Å². The van der Waals surface area contributed by atoms with E-state index in [0.29, 0.717) is 11.4 Å². The molecule has 0 saturated carbocycles. The number of hydrogen-bond acceptors (Lipinski definition) is 4. The fourth-order valence-corrected chi connectivity index (χ4v) is 7.90. The van der Waals surface area contributed by atoms with E-state index in [2.05, 4.69) is 132 Å². The quantitative estimate of drug-likeness (QED) is 0.161. The van der Waals surface area contributed by atoms with E-state index in [0.717, 1.165) is 61.6 Å². The highest BCUT2D eigenvalue weighted by Gasteiger charge is 2.21. The number of phenolic OH excluding ortho intramolecular Hbond substituents is 1. The number of aromatic hydroxyl groups is 1. The second-order valence-electron chi connectivity index (χ2n) is 14.2. The molecular formula is C46H40N4OSi. The van der Waals surface area contributed by atoms with E-state index in [9.17, 15) is 5.11 Å². The van der Waals surface area contributed by atoms with E-state index in [1.165, 1.54) is 5.19 Å². The first-order valence-electron chi connectivity index (χ1n) is 17.6. The second-order valence-corrected chi connectivity index (χ2v) is 19.3. The van der Waals surface area contributed by atoms with Crippen LogP contribution in [0, 0.1) is 0 Å². The summed E-state index contributed by atoms with van der Waals surface area (Å²) < 4.78 is 2.08.